The summed E-state index contributed by atoms with van der Waals surface area (Å²) in [7, 11) is 0. The third-order valence-electron chi connectivity index (χ3n) is 2.88. The largest absolute Gasteiger partial charge is 0.394 e. The van der Waals surface area contributed by atoms with Crippen molar-refractivity contribution in [2.75, 3.05) is 23.8 Å². The highest BCUT2D eigenvalue weighted by Gasteiger charge is 2.14. The molecule has 0 aromatic carbocycles. The molecule has 0 amide bonds. The first-order valence-corrected chi connectivity index (χ1v) is 6.99. The van der Waals surface area contributed by atoms with Crippen molar-refractivity contribution in [1.29, 1.82) is 0 Å². The summed E-state index contributed by atoms with van der Waals surface area (Å²) in [6.07, 6.45) is 1.05. The summed E-state index contributed by atoms with van der Waals surface area (Å²) in [4.78, 5) is 9.13. The Kier molecular flexibility index (Phi) is 6.02. The molecule has 0 aliphatic heterocycles. The molecule has 0 spiro atoms. The van der Waals surface area contributed by atoms with Crippen molar-refractivity contribution in [3.8, 4) is 0 Å². The van der Waals surface area contributed by atoms with Crippen LogP contribution in [0.2, 0.25) is 0 Å². The molecule has 1 atom stereocenters. The van der Waals surface area contributed by atoms with Crippen LogP contribution in [0.3, 0.4) is 0 Å². The molecule has 19 heavy (non-hydrogen) atoms. The van der Waals surface area contributed by atoms with Crippen LogP contribution in [0.4, 0.5) is 11.6 Å². The standard InChI is InChI=1S/C14H26N4O/c1-6-7-15-13-11(5)14(16-10(4)8-19)18-12(17-13)9(2)3/h9-10,19H,6-8H2,1-5H3,(H2,15,16,17,18). The molecule has 1 unspecified atom stereocenters. The number of hydrogen-bond acceptors (Lipinski definition) is 5. The Bertz CT molecular complexity index is 407. The fourth-order valence-corrected chi connectivity index (χ4v) is 1.63. The van der Waals surface area contributed by atoms with Gasteiger partial charge in [0.05, 0.1) is 6.61 Å². The van der Waals surface area contributed by atoms with Gasteiger partial charge in [-0.05, 0) is 20.3 Å². The normalized spacial score (nSPS) is 12.6. The second-order valence-corrected chi connectivity index (χ2v) is 5.21. The Hall–Kier alpha value is -1.36. The molecule has 0 saturated heterocycles. The van der Waals surface area contributed by atoms with Crippen molar-refractivity contribution in [1.82, 2.24) is 9.97 Å². The average Bonchev–Trinajstić information content (AvgIpc) is 2.39. The second kappa shape index (κ2) is 7.28. The van der Waals surface area contributed by atoms with E-state index in [4.69, 9.17) is 5.11 Å². The Morgan fingerprint density at radius 1 is 1.16 bits per heavy atom. The maximum atomic E-state index is 9.15. The van der Waals surface area contributed by atoms with Gasteiger partial charge in [0.25, 0.3) is 0 Å². The number of anilines is 2. The summed E-state index contributed by atoms with van der Waals surface area (Å²) < 4.78 is 0. The summed E-state index contributed by atoms with van der Waals surface area (Å²) in [6.45, 7) is 11.2. The lowest BCUT2D eigenvalue weighted by atomic mass is 10.2. The van der Waals surface area contributed by atoms with E-state index in [0.717, 1.165) is 36.0 Å². The van der Waals surface area contributed by atoms with E-state index in [1.165, 1.54) is 0 Å². The molecule has 0 saturated carbocycles. The Morgan fingerprint density at radius 2 is 1.79 bits per heavy atom. The van der Waals surface area contributed by atoms with Crippen molar-refractivity contribution in [3.05, 3.63) is 11.4 Å². The molecule has 1 aromatic rings. The second-order valence-electron chi connectivity index (χ2n) is 5.21. The quantitative estimate of drug-likeness (QED) is 0.707. The summed E-state index contributed by atoms with van der Waals surface area (Å²) in [6, 6.07) is -0.0207. The van der Waals surface area contributed by atoms with Gasteiger partial charge in [-0.1, -0.05) is 20.8 Å². The zero-order valence-corrected chi connectivity index (χ0v) is 12.6. The van der Waals surface area contributed by atoms with Gasteiger partial charge < -0.3 is 15.7 Å². The Labute approximate surface area is 115 Å². The third-order valence-corrected chi connectivity index (χ3v) is 2.88. The van der Waals surface area contributed by atoms with E-state index in [9.17, 15) is 0 Å². The molecule has 1 heterocycles. The maximum absolute atomic E-state index is 9.15. The Morgan fingerprint density at radius 3 is 2.32 bits per heavy atom. The molecule has 0 radical (unpaired) electrons. The van der Waals surface area contributed by atoms with Crippen molar-refractivity contribution in [3.63, 3.8) is 0 Å². The van der Waals surface area contributed by atoms with Crippen molar-refractivity contribution >= 4 is 11.6 Å². The summed E-state index contributed by atoms with van der Waals surface area (Å²) in [5.74, 6) is 2.77. The third kappa shape index (κ3) is 4.35. The van der Waals surface area contributed by atoms with E-state index in [-0.39, 0.29) is 18.6 Å². The van der Waals surface area contributed by atoms with Crippen LogP contribution in [0.25, 0.3) is 0 Å². The number of aliphatic hydroxyl groups excluding tert-OH is 1. The van der Waals surface area contributed by atoms with Crippen LogP contribution in [-0.2, 0) is 0 Å². The van der Waals surface area contributed by atoms with Gasteiger partial charge >= 0.3 is 0 Å². The predicted molar refractivity (Wildman–Crippen MR) is 79.8 cm³/mol. The lowest BCUT2D eigenvalue weighted by Gasteiger charge is -2.18. The number of aromatic nitrogens is 2. The molecule has 5 nitrogen and oxygen atoms in total. The van der Waals surface area contributed by atoms with E-state index >= 15 is 0 Å². The lowest BCUT2D eigenvalue weighted by Crippen LogP contribution is -2.22. The fraction of sp³-hybridized carbons (Fsp3) is 0.714. The molecule has 108 valence electrons. The number of hydrogen-bond donors (Lipinski definition) is 3. The molecular weight excluding hydrogens is 240 g/mol. The van der Waals surface area contributed by atoms with E-state index in [1.54, 1.807) is 0 Å². The SMILES string of the molecule is CCCNc1nc(C(C)C)nc(NC(C)CO)c1C. The van der Waals surface area contributed by atoms with Gasteiger partial charge in [-0.2, -0.15) is 0 Å². The van der Waals surface area contributed by atoms with Crippen LogP contribution in [0.1, 0.15) is 51.4 Å². The first kappa shape index (κ1) is 15.7. The monoisotopic (exact) mass is 266 g/mol. The van der Waals surface area contributed by atoms with E-state index in [0.29, 0.717) is 0 Å². The van der Waals surface area contributed by atoms with Crippen LogP contribution >= 0.6 is 0 Å². The molecule has 5 heteroatoms. The fourth-order valence-electron chi connectivity index (χ4n) is 1.63. The molecule has 0 aliphatic carbocycles. The Balaban J connectivity index is 3.09. The van der Waals surface area contributed by atoms with E-state index in [2.05, 4.69) is 41.4 Å². The van der Waals surface area contributed by atoms with Gasteiger partial charge in [-0.15, -0.1) is 0 Å². The maximum Gasteiger partial charge on any atom is 0.135 e. The number of nitrogens with zero attached hydrogens (tertiary/aromatic N) is 2. The van der Waals surface area contributed by atoms with Crippen LogP contribution in [-0.4, -0.2) is 34.3 Å². The summed E-state index contributed by atoms with van der Waals surface area (Å²) in [5.41, 5.74) is 0.998. The van der Waals surface area contributed by atoms with Gasteiger partial charge in [0.2, 0.25) is 0 Å². The summed E-state index contributed by atoms with van der Waals surface area (Å²) >= 11 is 0. The molecular formula is C14H26N4O. The smallest absolute Gasteiger partial charge is 0.135 e. The van der Waals surface area contributed by atoms with Gasteiger partial charge in [0, 0.05) is 24.1 Å². The van der Waals surface area contributed by atoms with Crippen LogP contribution in [0.5, 0.6) is 0 Å². The van der Waals surface area contributed by atoms with Gasteiger partial charge in [-0.25, -0.2) is 9.97 Å². The summed E-state index contributed by atoms with van der Waals surface area (Å²) in [5, 5.41) is 15.7. The minimum atomic E-state index is -0.0207. The van der Waals surface area contributed by atoms with E-state index in [1.807, 2.05) is 13.8 Å². The predicted octanol–water partition coefficient (Wildman–Crippen LogP) is 2.52. The van der Waals surface area contributed by atoms with Gasteiger partial charge in [0.1, 0.15) is 17.5 Å². The first-order valence-electron chi connectivity index (χ1n) is 6.99. The number of rotatable bonds is 7. The average molecular weight is 266 g/mol. The zero-order valence-electron chi connectivity index (χ0n) is 12.6. The van der Waals surface area contributed by atoms with E-state index < -0.39 is 0 Å². The minimum absolute atomic E-state index is 0.0207. The van der Waals surface area contributed by atoms with Crippen molar-refractivity contribution in [2.24, 2.45) is 0 Å². The topological polar surface area (TPSA) is 70.1 Å². The van der Waals surface area contributed by atoms with Crippen LogP contribution in [0.15, 0.2) is 0 Å². The molecule has 0 fully saturated rings. The molecule has 0 bridgehead atoms. The molecule has 1 rings (SSSR count). The highest BCUT2D eigenvalue weighted by atomic mass is 16.3. The highest BCUT2D eigenvalue weighted by molar-refractivity contribution is 5.57. The van der Waals surface area contributed by atoms with Crippen LogP contribution in [0, 0.1) is 6.92 Å². The molecule has 1 aromatic heterocycles. The zero-order chi connectivity index (χ0) is 14.4. The first-order chi connectivity index (χ1) is 8.99. The molecule has 3 N–H and O–H groups in total. The van der Waals surface area contributed by atoms with Crippen molar-refractivity contribution in [2.45, 2.75) is 53.0 Å². The number of nitrogens with one attached hydrogen (secondary N) is 2. The number of aliphatic hydroxyl groups is 1. The minimum Gasteiger partial charge on any atom is -0.394 e. The van der Waals surface area contributed by atoms with Crippen molar-refractivity contribution < 1.29 is 5.11 Å². The van der Waals surface area contributed by atoms with Gasteiger partial charge in [0.15, 0.2) is 0 Å². The van der Waals surface area contributed by atoms with Crippen LogP contribution < -0.4 is 10.6 Å². The van der Waals surface area contributed by atoms with Gasteiger partial charge in [-0.3, -0.25) is 0 Å². The molecule has 0 aliphatic rings. The lowest BCUT2D eigenvalue weighted by molar-refractivity contribution is 0.281. The highest BCUT2D eigenvalue weighted by Crippen LogP contribution is 2.23.